The summed E-state index contributed by atoms with van der Waals surface area (Å²) in [5, 5.41) is 10.4. The van der Waals surface area contributed by atoms with Gasteiger partial charge in [-0.15, -0.1) is 0 Å². The molecule has 11 nitrogen and oxygen atoms in total. The predicted octanol–water partition coefficient (Wildman–Crippen LogP) is 5.38. The van der Waals surface area contributed by atoms with Crippen molar-refractivity contribution >= 4 is 11.6 Å². The number of alkyl halides is 9. The van der Waals surface area contributed by atoms with Crippen LogP contribution in [0.5, 0.6) is 5.75 Å². The number of hydrogen-bond acceptors (Lipinski definition) is 9. The van der Waals surface area contributed by atoms with E-state index in [2.05, 4.69) is 25.5 Å². The summed E-state index contributed by atoms with van der Waals surface area (Å²) in [7, 11) is 1.44. The van der Waals surface area contributed by atoms with Crippen molar-refractivity contribution < 1.29 is 49.0 Å². The average molecular weight is 707 g/mol. The fourth-order valence-electron chi connectivity index (χ4n) is 5.13. The van der Waals surface area contributed by atoms with Gasteiger partial charge in [-0.3, -0.25) is 9.48 Å². The molecule has 4 heterocycles. The van der Waals surface area contributed by atoms with Crippen LogP contribution < -0.4 is 20.5 Å². The number of hydrogen-bond donors (Lipinski definition) is 1. The summed E-state index contributed by atoms with van der Waals surface area (Å²) in [6.45, 7) is -0.361. The Balaban J connectivity index is 1.27. The fourth-order valence-corrected chi connectivity index (χ4v) is 5.13. The fraction of sp³-hybridized carbons (Fsp3) is 0.414. The molecule has 264 valence electrons. The van der Waals surface area contributed by atoms with Gasteiger partial charge in [-0.2, -0.15) is 49.7 Å². The summed E-state index contributed by atoms with van der Waals surface area (Å²) in [6.07, 6.45) is -12.8. The maximum atomic E-state index is 14.2. The molecule has 20 heteroatoms. The van der Waals surface area contributed by atoms with Crippen LogP contribution in [0.2, 0.25) is 0 Å². The minimum atomic E-state index is -5.07. The Labute approximate surface area is 271 Å². The van der Waals surface area contributed by atoms with Gasteiger partial charge in [0.25, 0.3) is 5.56 Å². The summed E-state index contributed by atoms with van der Waals surface area (Å²) in [6, 6.07) is 5.35. The lowest BCUT2D eigenvalue weighted by atomic mass is 10.1. The topological polar surface area (TPSA) is 112 Å². The number of fused-ring (bicyclic) bond motifs is 1. The standard InChI is InChI=1S/C29H27F9N8O3/c1-16(42-20-11-41-46(25(47)24(20)29(36,37)38)12-17-3-5-19(48-2)6-4-17)14-49-15-21-23(28(33,34)35)22-13-44(7-8-45(22)43-21)26-39-9-18(10-40-26)27(30,31)32/h3-6,9-11,16,42H,7-8,12-15H2,1-2H3/t16-/m0/s1. The van der Waals surface area contributed by atoms with Gasteiger partial charge in [0.05, 0.1) is 63.1 Å². The van der Waals surface area contributed by atoms with Crippen LogP contribution in [0.4, 0.5) is 51.1 Å². The van der Waals surface area contributed by atoms with Gasteiger partial charge >= 0.3 is 18.5 Å². The lowest BCUT2D eigenvalue weighted by molar-refractivity contribution is -0.140. The van der Waals surface area contributed by atoms with Crippen molar-refractivity contribution in [3.63, 3.8) is 0 Å². The number of halogens is 9. The lowest BCUT2D eigenvalue weighted by Gasteiger charge is -2.28. The molecular weight excluding hydrogens is 679 g/mol. The van der Waals surface area contributed by atoms with Crippen molar-refractivity contribution in [2.24, 2.45) is 0 Å². The third kappa shape index (κ3) is 8.06. The van der Waals surface area contributed by atoms with E-state index < -0.39 is 78.0 Å². The Bertz CT molecular complexity index is 1820. The zero-order valence-corrected chi connectivity index (χ0v) is 25.6. The van der Waals surface area contributed by atoms with Crippen molar-refractivity contribution in [2.75, 3.05) is 30.5 Å². The zero-order valence-electron chi connectivity index (χ0n) is 25.6. The lowest BCUT2D eigenvalue weighted by Crippen LogP contribution is -2.36. The molecule has 0 fully saturated rings. The van der Waals surface area contributed by atoms with Gasteiger partial charge in [0, 0.05) is 25.0 Å². The number of benzene rings is 1. The maximum Gasteiger partial charge on any atom is 0.423 e. The highest BCUT2D eigenvalue weighted by Crippen LogP contribution is 2.38. The molecule has 0 radical (unpaired) electrons. The molecule has 49 heavy (non-hydrogen) atoms. The second kappa shape index (κ2) is 13.6. The van der Waals surface area contributed by atoms with E-state index in [4.69, 9.17) is 9.47 Å². The molecule has 1 aromatic carbocycles. The van der Waals surface area contributed by atoms with E-state index in [9.17, 15) is 44.3 Å². The Kier molecular flexibility index (Phi) is 9.80. The first-order valence-corrected chi connectivity index (χ1v) is 14.4. The summed E-state index contributed by atoms with van der Waals surface area (Å²) < 4.78 is 136. The van der Waals surface area contributed by atoms with Gasteiger partial charge in [-0.05, 0) is 24.6 Å². The molecule has 0 bridgehead atoms. The monoisotopic (exact) mass is 706 g/mol. The van der Waals surface area contributed by atoms with Crippen LogP contribution in [-0.2, 0) is 49.5 Å². The first-order valence-electron chi connectivity index (χ1n) is 14.4. The SMILES string of the molecule is COc1ccc(Cn2ncc(N[C@@H](C)COCc3nn4c(c3C(F)(F)F)CN(c3ncc(C(F)(F)F)cn3)CC4)c(C(F)(F)F)c2=O)cc1. The third-order valence-corrected chi connectivity index (χ3v) is 7.41. The quantitative estimate of drug-likeness (QED) is 0.217. The van der Waals surface area contributed by atoms with E-state index in [1.807, 2.05) is 0 Å². The normalized spacial score (nSPS) is 14.5. The third-order valence-electron chi connectivity index (χ3n) is 7.41. The molecule has 1 aliphatic heterocycles. The number of rotatable bonds is 10. The van der Waals surface area contributed by atoms with E-state index >= 15 is 0 Å². The van der Waals surface area contributed by atoms with E-state index in [1.54, 1.807) is 24.3 Å². The van der Waals surface area contributed by atoms with Crippen LogP contribution in [-0.4, -0.2) is 55.8 Å². The van der Waals surface area contributed by atoms with Crippen LogP contribution in [0.3, 0.4) is 0 Å². The number of methoxy groups -OCH3 is 1. The van der Waals surface area contributed by atoms with Gasteiger partial charge in [-0.25, -0.2) is 14.6 Å². The summed E-state index contributed by atoms with van der Waals surface area (Å²) in [4.78, 5) is 21.4. The highest BCUT2D eigenvalue weighted by molar-refractivity contribution is 5.50. The molecule has 0 saturated carbocycles. The summed E-state index contributed by atoms with van der Waals surface area (Å²) in [5.41, 5.74) is -6.08. The highest BCUT2D eigenvalue weighted by atomic mass is 19.4. The molecular formula is C29H27F9N8O3. The number of anilines is 2. The van der Waals surface area contributed by atoms with Crippen molar-refractivity contribution in [3.05, 3.63) is 86.9 Å². The second-order valence-electron chi connectivity index (χ2n) is 11.0. The number of ether oxygens (including phenoxy) is 2. The number of nitrogens with zero attached hydrogens (tertiary/aromatic N) is 7. The first kappa shape index (κ1) is 35.4. The van der Waals surface area contributed by atoms with Gasteiger partial charge in [-0.1, -0.05) is 12.1 Å². The number of nitrogens with one attached hydrogen (secondary N) is 1. The summed E-state index contributed by atoms with van der Waals surface area (Å²) >= 11 is 0. The Morgan fingerprint density at radius 1 is 0.898 bits per heavy atom. The average Bonchev–Trinajstić information content (AvgIpc) is 3.40. The second-order valence-corrected chi connectivity index (χ2v) is 11.0. The van der Waals surface area contributed by atoms with Crippen molar-refractivity contribution in [1.29, 1.82) is 0 Å². The van der Waals surface area contributed by atoms with E-state index in [0.29, 0.717) is 28.4 Å². The van der Waals surface area contributed by atoms with Crippen molar-refractivity contribution in [2.45, 2.75) is 57.7 Å². The van der Waals surface area contributed by atoms with Crippen LogP contribution in [0.25, 0.3) is 0 Å². The maximum absolute atomic E-state index is 14.2. The predicted molar refractivity (Wildman–Crippen MR) is 154 cm³/mol. The Morgan fingerprint density at radius 2 is 1.55 bits per heavy atom. The largest absolute Gasteiger partial charge is 0.497 e. The molecule has 0 amide bonds. The number of aromatic nitrogens is 6. The minimum absolute atomic E-state index is 0.0487. The molecule has 5 rings (SSSR count). The van der Waals surface area contributed by atoms with Crippen molar-refractivity contribution in [1.82, 2.24) is 29.5 Å². The molecule has 0 spiro atoms. The molecule has 1 N–H and O–H groups in total. The smallest absolute Gasteiger partial charge is 0.423 e. The molecule has 1 atom stereocenters. The molecule has 1 aliphatic rings. The van der Waals surface area contributed by atoms with Gasteiger partial charge in [0.15, 0.2) is 0 Å². The van der Waals surface area contributed by atoms with Gasteiger partial charge in [0.2, 0.25) is 5.95 Å². The highest BCUT2D eigenvalue weighted by Gasteiger charge is 2.42. The molecule has 0 unspecified atom stereocenters. The van der Waals surface area contributed by atoms with Crippen LogP contribution in [0.1, 0.15) is 40.6 Å². The van der Waals surface area contributed by atoms with E-state index in [1.165, 1.54) is 18.9 Å². The van der Waals surface area contributed by atoms with Gasteiger partial charge in [0.1, 0.15) is 22.6 Å². The van der Waals surface area contributed by atoms with Crippen LogP contribution >= 0.6 is 0 Å². The van der Waals surface area contributed by atoms with E-state index in [0.717, 1.165) is 10.9 Å². The Morgan fingerprint density at radius 3 is 2.14 bits per heavy atom. The van der Waals surface area contributed by atoms with Gasteiger partial charge < -0.3 is 19.7 Å². The van der Waals surface area contributed by atoms with Crippen molar-refractivity contribution in [3.8, 4) is 5.75 Å². The van der Waals surface area contributed by atoms with Crippen LogP contribution in [0, 0.1) is 0 Å². The first-order chi connectivity index (χ1) is 23.0. The molecule has 3 aromatic heterocycles. The molecule has 0 saturated heterocycles. The zero-order chi connectivity index (χ0) is 35.7. The molecule has 4 aromatic rings. The Hall–Kier alpha value is -4.88. The molecule has 0 aliphatic carbocycles. The summed E-state index contributed by atoms with van der Waals surface area (Å²) in [5.74, 6) is 0.309. The van der Waals surface area contributed by atoms with Crippen LogP contribution in [0.15, 0.2) is 47.7 Å². The van der Waals surface area contributed by atoms with E-state index in [-0.39, 0.29) is 31.3 Å². The minimum Gasteiger partial charge on any atom is -0.497 e.